The quantitative estimate of drug-likeness (QED) is 0.694. The minimum Gasteiger partial charge on any atom is -0.493 e. The van der Waals surface area contributed by atoms with Crippen molar-refractivity contribution in [2.24, 2.45) is 5.10 Å². The summed E-state index contributed by atoms with van der Waals surface area (Å²) in [6, 6.07) is 9.96. The van der Waals surface area contributed by atoms with E-state index in [2.05, 4.69) is 10.4 Å². The Bertz CT molecular complexity index is 1090. The van der Waals surface area contributed by atoms with E-state index < -0.39 is 30.4 Å². The van der Waals surface area contributed by atoms with Crippen LogP contribution in [0.2, 0.25) is 0 Å². The summed E-state index contributed by atoms with van der Waals surface area (Å²) in [4.78, 5) is 37.8. The summed E-state index contributed by atoms with van der Waals surface area (Å²) in [5, 5.41) is 8.13. The van der Waals surface area contributed by atoms with E-state index in [4.69, 9.17) is 9.47 Å². The fraction of sp³-hybridized carbons (Fsp3) is 0.273. The van der Waals surface area contributed by atoms with Crippen LogP contribution in [0.1, 0.15) is 23.6 Å². The number of hydrazone groups is 1. The topological polar surface area (TPSA) is 101 Å². The van der Waals surface area contributed by atoms with E-state index in [9.17, 15) is 18.8 Å². The van der Waals surface area contributed by atoms with Gasteiger partial charge in [-0.05, 0) is 35.4 Å². The van der Waals surface area contributed by atoms with Gasteiger partial charge in [-0.25, -0.2) is 14.2 Å². The predicted octanol–water partition coefficient (Wildman–Crippen LogP) is 2.07. The Labute approximate surface area is 183 Å². The molecule has 2 aliphatic rings. The molecule has 10 heteroatoms. The molecule has 0 radical (unpaired) electrons. The van der Waals surface area contributed by atoms with Gasteiger partial charge in [-0.15, -0.1) is 0 Å². The number of amides is 4. The second kappa shape index (κ2) is 8.66. The Hall–Kier alpha value is -3.95. The maximum absolute atomic E-state index is 13.4. The fourth-order valence-corrected chi connectivity index (χ4v) is 3.70. The van der Waals surface area contributed by atoms with Crippen LogP contribution in [0, 0.1) is 5.82 Å². The summed E-state index contributed by atoms with van der Waals surface area (Å²) in [6.45, 7) is -0.579. The molecule has 2 heterocycles. The molecule has 1 fully saturated rings. The zero-order valence-corrected chi connectivity index (χ0v) is 17.5. The standard InChI is InChI=1S/C22H21FN4O5/c1-31-18-8-5-14(9-19(18)32-2)17-10-16(13-3-6-15(23)7-4-13)25-27(17)21(29)12-26-20(28)11-24-22(26)30/h3-9,17H,10-12H2,1-2H3,(H,24,30). The lowest BCUT2D eigenvalue weighted by Crippen LogP contribution is -2.41. The van der Waals surface area contributed by atoms with E-state index >= 15 is 0 Å². The Balaban J connectivity index is 1.67. The Morgan fingerprint density at radius 2 is 1.84 bits per heavy atom. The van der Waals surface area contributed by atoms with Crippen LogP contribution < -0.4 is 14.8 Å². The molecule has 0 aliphatic carbocycles. The number of carbonyl (C=O) groups is 3. The number of hydrogen-bond acceptors (Lipinski definition) is 6. The maximum atomic E-state index is 13.4. The molecule has 0 bridgehead atoms. The number of carbonyl (C=O) groups excluding carboxylic acids is 3. The first-order valence-electron chi connectivity index (χ1n) is 9.87. The summed E-state index contributed by atoms with van der Waals surface area (Å²) < 4.78 is 24.0. The maximum Gasteiger partial charge on any atom is 0.325 e. The molecule has 1 saturated heterocycles. The van der Waals surface area contributed by atoms with Crippen molar-refractivity contribution in [2.45, 2.75) is 12.5 Å². The van der Waals surface area contributed by atoms with Crippen LogP contribution in [0.5, 0.6) is 11.5 Å². The van der Waals surface area contributed by atoms with E-state index in [1.54, 1.807) is 30.3 Å². The number of rotatable bonds is 6. The van der Waals surface area contributed by atoms with Gasteiger partial charge < -0.3 is 14.8 Å². The van der Waals surface area contributed by atoms with Gasteiger partial charge in [0.1, 0.15) is 12.4 Å². The number of methoxy groups -OCH3 is 2. The number of hydrogen-bond donors (Lipinski definition) is 1. The van der Waals surface area contributed by atoms with Gasteiger partial charge in [-0.2, -0.15) is 5.10 Å². The lowest BCUT2D eigenvalue weighted by molar-refractivity contribution is -0.137. The minimum atomic E-state index is -0.618. The number of benzene rings is 2. The van der Waals surface area contributed by atoms with Crippen molar-refractivity contribution in [3.05, 3.63) is 59.4 Å². The highest BCUT2D eigenvalue weighted by Gasteiger charge is 2.37. The second-order valence-electron chi connectivity index (χ2n) is 7.26. The molecule has 32 heavy (non-hydrogen) atoms. The molecule has 1 unspecified atom stereocenters. The van der Waals surface area contributed by atoms with Crippen LogP contribution in [0.15, 0.2) is 47.6 Å². The molecule has 0 spiro atoms. The molecule has 9 nitrogen and oxygen atoms in total. The molecule has 166 valence electrons. The van der Waals surface area contributed by atoms with Crippen LogP contribution in [0.3, 0.4) is 0 Å². The Morgan fingerprint density at radius 1 is 1.12 bits per heavy atom. The lowest BCUT2D eigenvalue weighted by Gasteiger charge is -2.24. The van der Waals surface area contributed by atoms with Crippen molar-refractivity contribution < 1.29 is 28.2 Å². The summed E-state index contributed by atoms with van der Waals surface area (Å²) in [7, 11) is 3.04. The van der Waals surface area contributed by atoms with Crippen molar-refractivity contribution in [3.63, 3.8) is 0 Å². The molecule has 2 aromatic carbocycles. The molecule has 1 N–H and O–H groups in total. The van der Waals surface area contributed by atoms with Crippen molar-refractivity contribution >= 4 is 23.6 Å². The van der Waals surface area contributed by atoms with Crippen LogP contribution in [-0.4, -0.2) is 60.8 Å². The molecular weight excluding hydrogens is 419 g/mol. The molecule has 1 atom stereocenters. The number of nitrogens with zero attached hydrogens (tertiary/aromatic N) is 3. The smallest absolute Gasteiger partial charge is 0.325 e. The van der Waals surface area contributed by atoms with Gasteiger partial charge in [0, 0.05) is 6.42 Å². The highest BCUT2D eigenvalue weighted by molar-refractivity contribution is 6.06. The minimum absolute atomic E-state index is 0.144. The summed E-state index contributed by atoms with van der Waals surface area (Å²) in [6.07, 6.45) is 0.354. The average molecular weight is 440 g/mol. The van der Waals surface area contributed by atoms with Crippen molar-refractivity contribution in [3.8, 4) is 11.5 Å². The lowest BCUT2D eigenvalue weighted by atomic mass is 9.98. The SMILES string of the molecule is COc1ccc(C2CC(c3ccc(F)cc3)=NN2C(=O)CN2C(=O)CNC2=O)cc1OC. The van der Waals surface area contributed by atoms with Crippen molar-refractivity contribution in [1.29, 1.82) is 0 Å². The van der Waals surface area contributed by atoms with Gasteiger partial charge in [0.25, 0.3) is 11.8 Å². The number of ether oxygens (including phenoxy) is 2. The second-order valence-corrected chi connectivity index (χ2v) is 7.26. The fourth-order valence-electron chi connectivity index (χ4n) is 3.70. The third kappa shape index (κ3) is 3.98. The molecule has 0 aromatic heterocycles. The third-order valence-corrected chi connectivity index (χ3v) is 5.37. The van der Waals surface area contributed by atoms with E-state index in [0.717, 1.165) is 10.5 Å². The van der Waals surface area contributed by atoms with Crippen molar-refractivity contribution in [1.82, 2.24) is 15.2 Å². The first kappa shape index (κ1) is 21.3. The Morgan fingerprint density at radius 3 is 2.47 bits per heavy atom. The molecule has 0 saturated carbocycles. The first-order valence-corrected chi connectivity index (χ1v) is 9.87. The van der Waals surface area contributed by atoms with Gasteiger partial charge in [0.15, 0.2) is 11.5 Å². The Kier molecular flexibility index (Phi) is 5.76. The molecule has 2 aliphatic heterocycles. The van der Waals surface area contributed by atoms with Crippen molar-refractivity contribution in [2.75, 3.05) is 27.3 Å². The summed E-state index contributed by atoms with van der Waals surface area (Å²) >= 11 is 0. The monoisotopic (exact) mass is 440 g/mol. The number of nitrogens with one attached hydrogen (secondary N) is 1. The van der Waals surface area contributed by atoms with E-state index in [1.807, 2.05) is 0 Å². The zero-order valence-electron chi connectivity index (χ0n) is 17.5. The van der Waals surface area contributed by atoms with E-state index in [-0.39, 0.29) is 12.4 Å². The zero-order chi connectivity index (χ0) is 22.8. The number of imide groups is 1. The van der Waals surface area contributed by atoms with Crippen LogP contribution in [0.4, 0.5) is 9.18 Å². The molecule has 2 aromatic rings. The molecule has 4 rings (SSSR count). The summed E-state index contributed by atoms with van der Waals surface area (Å²) in [5.41, 5.74) is 1.98. The highest BCUT2D eigenvalue weighted by atomic mass is 19.1. The highest BCUT2D eigenvalue weighted by Crippen LogP contribution is 2.37. The largest absolute Gasteiger partial charge is 0.493 e. The predicted molar refractivity (Wildman–Crippen MR) is 112 cm³/mol. The van der Waals surface area contributed by atoms with Gasteiger partial charge >= 0.3 is 6.03 Å². The molecular formula is C22H21FN4O5. The van der Waals surface area contributed by atoms with Gasteiger partial charge in [0.05, 0.1) is 32.5 Å². The van der Waals surface area contributed by atoms with E-state index in [1.165, 1.54) is 31.4 Å². The van der Waals surface area contributed by atoms with Crippen LogP contribution >= 0.6 is 0 Å². The van der Waals surface area contributed by atoms with Crippen LogP contribution in [-0.2, 0) is 9.59 Å². The normalized spacial score (nSPS) is 18.0. The number of halogens is 1. The van der Waals surface area contributed by atoms with Crippen LogP contribution in [0.25, 0.3) is 0 Å². The van der Waals surface area contributed by atoms with Gasteiger partial charge in [-0.3, -0.25) is 14.5 Å². The van der Waals surface area contributed by atoms with Gasteiger partial charge in [0.2, 0.25) is 0 Å². The third-order valence-electron chi connectivity index (χ3n) is 5.37. The number of urea groups is 1. The van der Waals surface area contributed by atoms with Gasteiger partial charge in [-0.1, -0.05) is 18.2 Å². The molecule has 4 amide bonds. The first-order chi connectivity index (χ1) is 15.4. The average Bonchev–Trinajstić information content (AvgIpc) is 3.38. The summed E-state index contributed by atoms with van der Waals surface area (Å²) in [5.74, 6) is -0.358. The van der Waals surface area contributed by atoms with E-state index in [0.29, 0.717) is 29.2 Å².